The van der Waals surface area contributed by atoms with Crippen molar-refractivity contribution >= 4 is 39.0 Å². The minimum Gasteiger partial charge on any atom is -0.265 e. The van der Waals surface area contributed by atoms with Gasteiger partial charge in [-0.25, -0.2) is 0 Å². The first kappa shape index (κ1) is 24.8. The lowest BCUT2D eigenvalue weighted by Crippen LogP contribution is -2.06. The maximum Gasteiger partial charge on any atom is 0.342 e. The molecule has 0 atom stereocenters. The molecule has 7 aromatic rings. The van der Waals surface area contributed by atoms with Gasteiger partial charge in [0.2, 0.25) is 0 Å². The van der Waals surface area contributed by atoms with Gasteiger partial charge in [-0.3, -0.25) is 15.0 Å². The Bertz CT molecular complexity index is 2250. The molecule has 8 rings (SSSR count). The zero-order valence-electron chi connectivity index (χ0n) is 23.2. The molecule has 4 heterocycles. The summed E-state index contributed by atoms with van der Waals surface area (Å²) >= 11 is 0. The van der Waals surface area contributed by atoms with E-state index in [1.807, 2.05) is 67.7 Å². The Kier molecular flexibility index (Phi) is 6.03. The number of benzene rings is 4. The zero-order valence-corrected chi connectivity index (χ0v) is 23.2. The molecule has 0 radical (unpaired) electrons. The Balaban J connectivity index is 1.49. The number of fused-ring (bicyclic) bond motifs is 2. The lowest BCUT2D eigenvalue weighted by molar-refractivity contribution is 1.30. The van der Waals surface area contributed by atoms with Crippen molar-refractivity contribution in [3.8, 4) is 33.4 Å². The van der Waals surface area contributed by atoms with Gasteiger partial charge in [-0.15, -0.1) is 0 Å². The zero-order chi connectivity index (χ0) is 28.6. The van der Waals surface area contributed by atoms with Crippen molar-refractivity contribution in [2.24, 2.45) is 0 Å². The second-order valence-electron chi connectivity index (χ2n) is 10.5. The van der Waals surface area contributed by atoms with Gasteiger partial charge in [0.1, 0.15) is 0 Å². The standard InChI is InChI=1S/C39H25N4/c1-2-6-26(7-3-1)29-10-11-32-35(24-29)38(34-17-23-43-39(34)28-14-20-41-21-15-28)31-9-5-4-8-30(31)37(32)33-16-22-42-25-36(33)27-12-18-40-19-13-27/h1-25H/q+1. The Morgan fingerprint density at radius 2 is 1.09 bits per heavy atom. The first-order chi connectivity index (χ1) is 21.4. The second-order valence-corrected chi connectivity index (χ2v) is 10.5. The largest absolute Gasteiger partial charge is 0.342 e. The smallest absolute Gasteiger partial charge is 0.265 e. The average Bonchev–Trinajstić information content (AvgIpc) is 3.58. The van der Waals surface area contributed by atoms with E-state index in [1.54, 1.807) is 0 Å². The van der Waals surface area contributed by atoms with Crippen LogP contribution in [0.2, 0.25) is 0 Å². The van der Waals surface area contributed by atoms with Gasteiger partial charge in [0.25, 0.3) is 6.21 Å². The van der Waals surface area contributed by atoms with Crippen molar-refractivity contribution < 1.29 is 0 Å². The normalized spacial score (nSPS) is 12.5. The monoisotopic (exact) mass is 549 g/mol. The molecule has 0 saturated carbocycles. The van der Waals surface area contributed by atoms with Crippen LogP contribution in [0.4, 0.5) is 0 Å². The summed E-state index contributed by atoms with van der Waals surface area (Å²) in [5.74, 6) is 0. The first-order valence-corrected chi connectivity index (χ1v) is 14.3. The third-order valence-electron chi connectivity index (χ3n) is 8.14. The molecule has 0 bridgehead atoms. The number of hydrogen-bond acceptors (Lipinski definition) is 3. The predicted octanol–water partition coefficient (Wildman–Crippen LogP) is 8.20. The Labute approximate surface area is 249 Å². The summed E-state index contributed by atoms with van der Waals surface area (Å²) in [6.45, 7) is 0. The molecule has 3 aromatic heterocycles. The van der Waals surface area contributed by atoms with Crippen molar-refractivity contribution in [3.05, 3.63) is 158 Å². The van der Waals surface area contributed by atoms with Crippen LogP contribution in [0.25, 0.3) is 60.5 Å². The Hall–Kier alpha value is -5.96. The molecule has 4 aromatic carbocycles. The number of allylic oxidation sites excluding steroid dienone is 2. The quantitative estimate of drug-likeness (QED) is 0.161. The van der Waals surface area contributed by atoms with E-state index in [2.05, 4.69) is 99.9 Å². The molecule has 1 aliphatic rings. The molecule has 0 saturated heterocycles. The fourth-order valence-corrected chi connectivity index (χ4v) is 6.22. The van der Waals surface area contributed by atoms with Crippen molar-refractivity contribution in [1.29, 1.82) is 0 Å². The molecule has 200 valence electrons. The van der Waals surface area contributed by atoms with E-state index in [0.29, 0.717) is 0 Å². The van der Waals surface area contributed by atoms with Crippen LogP contribution in [0, 0.1) is 0 Å². The van der Waals surface area contributed by atoms with Gasteiger partial charge in [-0.1, -0.05) is 71.4 Å². The molecule has 4 heteroatoms. The molecule has 43 heavy (non-hydrogen) atoms. The molecule has 0 N–H and O–H groups in total. The summed E-state index contributed by atoms with van der Waals surface area (Å²) in [4.78, 5) is 13.0. The van der Waals surface area contributed by atoms with Crippen molar-refractivity contribution in [2.45, 2.75) is 0 Å². The lowest BCUT2D eigenvalue weighted by atomic mass is 9.82. The van der Waals surface area contributed by atoms with Crippen LogP contribution in [0.5, 0.6) is 0 Å². The van der Waals surface area contributed by atoms with Crippen LogP contribution in [-0.4, -0.2) is 26.9 Å². The fraction of sp³-hybridized carbons (Fsp3) is 0. The van der Waals surface area contributed by atoms with Gasteiger partial charge >= 0.3 is 5.71 Å². The molecule has 4 nitrogen and oxygen atoms in total. The second kappa shape index (κ2) is 10.5. The van der Waals surface area contributed by atoms with E-state index in [-0.39, 0.29) is 0 Å². The number of rotatable bonds is 5. The number of hydrogen-bond donors (Lipinski definition) is 0. The van der Waals surface area contributed by atoms with Crippen LogP contribution in [0.15, 0.2) is 146 Å². The summed E-state index contributed by atoms with van der Waals surface area (Å²) < 4.78 is 4.85. The molecule has 0 spiro atoms. The number of aromatic nitrogens is 3. The molecule has 0 fully saturated rings. The van der Waals surface area contributed by atoms with E-state index >= 15 is 0 Å². The van der Waals surface area contributed by atoms with E-state index < -0.39 is 0 Å². The van der Waals surface area contributed by atoms with Crippen LogP contribution in [0.1, 0.15) is 11.1 Å². The van der Waals surface area contributed by atoms with Crippen LogP contribution in [0.3, 0.4) is 0 Å². The highest BCUT2D eigenvalue weighted by molar-refractivity contribution is 6.40. The predicted molar refractivity (Wildman–Crippen MR) is 178 cm³/mol. The molecule has 0 unspecified atom stereocenters. The maximum atomic E-state index is 4.85. The highest BCUT2D eigenvalue weighted by atomic mass is 14.6. The Morgan fingerprint density at radius 3 is 1.86 bits per heavy atom. The van der Waals surface area contributed by atoms with E-state index in [9.17, 15) is 0 Å². The van der Waals surface area contributed by atoms with Gasteiger partial charge in [0.05, 0.1) is 11.1 Å². The van der Waals surface area contributed by atoms with Gasteiger partial charge in [-0.2, -0.15) is 0 Å². The summed E-state index contributed by atoms with van der Waals surface area (Å²) in [7, 11) is 0. The summed E-state index contributed by atoms with van der Waals surface area (Å²) in [6, 6.07) is 36.4. The third-order valence-corrected chi connectivity index (χ3v) is 8.14. The number of nitrogens with zero attached hydrogens (tertiary/aromatic N) is 4. The minimum atomic E-state index is 0.952. The SMILES string of the molecule is C1=[N+]=C(c2ccncc2)C(c2c3ccccc3c(-c3ccncc3-c3ccncc3)c3ccc(-c4ccccc4)cc23)=C1. The molecule has 1 aliphatic heterocycles. The topological polar surface area (TPSA) is 52.8 Å². The van der Waals surface area contributed by atoms with Crippen LogP contribution in [-0.2, 0) is 0 Å². The molecular formula is C39H25N4+. The van der Waals surface area contributed by atoms with Crippen LogP contribution >= 0.6 is 0 Å². The van der Waals surface area contributed by atoms with Gasteiger partial charge < -0.3 is 0 Å². The third kappa shape index (κ3) is 4.26. The maximum absolute atomic E-state index is 4.85. The van der Waals surface area contributed by atoms with Gasteiger partial charge in [0, 0.05) is 54.4 Å². The molecular weight excluding hydrogens is 524 g/mol. The van der Waals surface area contributed by atoms with Crippen molar-refractivity contribution in [2.75, 3.05) is 0 Å². The van der Waals surface area contributed by atoms with Gasteiger partial charge in [-0.05, 0) is 85.8 Å². The highest BCUT2D eigenvalue weighted by Gasteiger charge is 2.29. The molecule has 0 amide bonds. The highest BCUT2D eigenvalue weighted by Crippen LogP contribution is 2.45. The first-order valence-electron chi connectivity index (χ1n) is 14.3. The van der Waals surface area contributed by atoms with E-state index in [0.717, 1.165) is 33.5 Å². The van der Waals surface area contributed by atoms with Crippen molar-refractivity contribution in [1.82, 2.24) is 19.6 Å². The molecule has 0 aliphatic carbocycles. The lowest BCUT2D eigenvalue weighted by Gasteiger charge is -2.20. The van der Waals surface area contributed by atoms with Crippen molar-refractivity contribution in [3.63, 3.8) is 0 Å². The number of pyridine rings is 3. The summed E-state index contributed by atoms with van der Waals surface area (Å²) in [5.41, 5.74) is 11.1. The minimum absolute atomic E-state index is 0.952. The van der Waals surface area contributed by atoms with E-state index in [1.165, 1.54) is 43.8 Å². The van der Waals surface area contributed by atoms with Gasteiger partial charge in [0.15, 0.2) is 0 Å². The van der Waals surface area contributed by atoms with E-state index in [4.69, 9.17) is 4.67 Å². The van der Waals surface area contributed by atoms with Crippen LogP contribution < -0.4 is 4.67 Å². The Morgan fingerprint density at radius 1 is 0.442 bits per heavy atom. The fourth-order valence-electron chi connectivity index (χ4n) is 6.22. The summed E-state index contributed by atoms with van der Waals surface area (Å²) in [5, 5.41) is 4.71. The average molecular weight is 550 g/mol. The summed E-state index contributed by atoms with van der Waals surface area (Å²) in [6.07, 6.45) is 15.2.